The van der Waals surface area contributed by atoms with Gasteiger partial charge < -0.3 is 9.47 Å². The van der Waals surface area contributed by atoms with Crippen LogP contribution in [0.1, 0.15) is 60.1 Å². The fraction of sp³-hybridized carbons (Fsp3) is 0.345. The van der Waals surface area contributed by atoms with Crippen molar-refractivity contribution in [3.05, 3.63) is 82.4 Å². The molecule has 0 bridgehead atoms. The first kappa shape index (κ1) is 25.8. The summed E-state index contributed by atoms with van der Waals surface area (Å²) in [4.78, 5) is 11.8. The molecule has 1 aliphatic heterocycles. The summed E-state index contributed by atoms with van der Waals surface area (Å²) in [6.07, 6.45) is 1.95. The zero-order chi connectivity index (χ0) is 24.7. The molecule has 1 aliphatic carbocycles. The highest BCUT2D eigenvalue weighted by Crippen LogP contribution is 2.42. The minimum atomic E-state index is -3.57. The summed E-state index contributed by atoms with van der Waals surface area (Å²) in [6.45, 7) is 4.24. The molecule has 1 unspecified atom stereocenters. The van der Waals surface area contributed by atoms with Crippen LogP contribution in [-0.2, 0) is 21.2 Å². The van der Waals surface area contributed by atoms with E-state index in [9.17, 15) is 13.2 Å². The van der Waals surface area contributed by atoms with E-state index in [1.54, 1.807) is 7.11 Å². The molecule has 1 fully saturated rings. The molecular weight excluding hydrogens is 474 g/mol. The molecule has 7 heteroatoms. The zero-order valence-corrected chi connectivity index (χ0v) is 20.9. The molecule has 0 saturated carbocycles. The maximum Gasteiger partial charge on any atom is 0.235 e. The van der Waals surface area contributed by atoms with Crippen LogP contribution in [0.2, 0.25) is 0 Å². The van der Waals surface area contributed by atoms with Gasteiger partial charge >= 0.3 is 0 Å². The van der Waals surface area contributed by atoms with E-state index in [4.69, 9.17) is 9.47 Å². The van der Waals surface area contributed by atoms with Crippen LogP contribution in [0.5, 0.6) is 11.5 Å². The normalized spacial score (nSPS) is 20.1. The number of methoxy groups -OCH3 is 1. The number of amides is 1. The van der Waals surface area contributed by atoms with E-state index >= 15 is 0 Å². The van der Waals surface area contributed by atoms with Gasteiger partial charge in [0.1, 0.15) is 17.6 Å². The Balaban J connectivity index is 0.00000304. The molecule has 1 heterocycles. The van der Waals surface area contributed by atoms with E-state index in [0.717, 1.165) is 29.9 Å². The Bertz CT molecular complexity index is 1370. The van der Waals surface area contributed by atoms with Crippen LogP contribution < -0.4 is 14.2 Å². The summed E-state index contributed by atoms with van der Waals surface area (Å²) in [5.41, 5.74) is 8.23. The highest BCUT2D eigenvalue weighted by atomic mass is 32.2. The summed E-state index contributed by atoms with van der Waals surface area (Å²) < 4.78 is 37.7. The molecule has 0 aromatic heterocycles. The quantitative estimate of drug-likeness (QED) is 0.485. The molecule has 1 saturated heterocycles. The number of nitrogens with one attached hydrogen (secondary N) is 1. The van der Waals surface area contributed by atoms with Crippen LogP contribution in [-0.4, -0.2) is 27.2 Å². The lowest BCUT2D eigenvalue weighted by Crippen LogP contribution is -2.40. The van der Waals surface area contributed by atoms with Gasteiger partial charge in [0.05, 0.1) is 12.9 Å². The molecule has 36 heavy (non-hydrogen) atoms. The highest BCUT2D eigenvalue weighted by molar-refractivity contribution is 7.90. The van der Waals surface area contributed by atoms with Crippen LogP contribution in [0, 0.1) is 13.8 Å². The van der Waals surface area contributed by atoms with Gasteiger partial charge in [-0.3, -0.25) is 9.52 Å². The zero-order valence-electron chi connectivity index (χ0n) is 20.1. The van der Waals surface area contributed by atoms with Gasteiger partial charge in [-0.25, -0.2) is 8.42 Å². The van der Waals surface area contributed by atoms with Gasteiger partial charge in [0.2, 0.25) is 15.9 Å². The van der Waals surface area contributed by atoms with Crippen LogP contribution in [0.4, 0.5) is 0 Å². The van der Waals surface area contributed by atoms with Crippen molar-refractivity contribution in [1.82, 2.24) is 4.72 Å². The van der Waals surface area contributed by atoms with E-state index in [-0.39, 0.29) is 31.6 Å². The van der Waals surface area contributed by atoms with Gasteiger partial charge in [-0.2, -0.15) is 0 Å². The fourth-order valence-corrected chi connectivity index (χ4v) is 6.79. The predicted octanol–water partition coefficient (Wildman–Crippen LogP) is 5.61. The second kappa shape index (κ2) is 9.97. The Morgan fingerprint density at radius 2 is 1.67 bits per heavy atom. The molecule has 2 aliphatic rings. The maximum absolute atomic E-state index is 11.9. The molecule has 3 aromatic rings. The first-order valence-corrected chi connectivity index (χ1v) is 13.5. The third kappa shape index (κ3) is 4.98. The summed E-state index contributed by atoms with van der Waals surface area (Å²) in [5.74, 6) is 0.724. The minimum Gasteiger partial charge on any atom is -0.497 e. The van der Waals surface area contributed by atoms with Crippen LogP contribution >= 0.6 is 0 Å². The number of carbonyl (C=O) groups excluding carboxylic acids is 1. The molecular formula is C29H33NO5S. The third-order valence-electron chi connectivity index (χ3n) is 6.98. The van der Waals surface area contributed by atoms with E-state index in [0.29, 0.717) is 0 Å². The Labute approximate surface area is 213 Å². The molecule has 3 aromatic carbocycles. The number of fused-ring (bicyclic) bond motifs is 1. The molecule has 190 valence electrons. The SMILES string of the molecule is C.COc1cc(C)c(-c2cccc3c2CC[C@H]3Oc2ccc(C3CC(=O)NS(=O)(=O)C3)cc2)c(C)c1. The van der Waals surface area contributed by atoms with E-state index in [2.05, 4.69) is 48.9 Å². The summed E-state index contributed by atoms with van der Waals surface area (Å²) >= 11 is 0. The Hall–Kier alpha value is -3.32. The summed E-state index contributed by atoms with van der Waals surface area (Å²) in [7, 11) is -1.88. The lowest BCUT2D eigenvalue weighted by Gasteiger charge is -2.23. The summed E-state index contributed by atoms with van der Waals surface area (Å²) in [5, 5.41) is 0. The smallest absolute Gasteiger partial charge is 0.235 e. The van der Waals surface area contributed by atoms with Gasteiger partial charge in [0, 0.05) is 12.3 Å². The number of benzene rings is 3. The Kier molecular flexibility index (Phi) is 7.14. The van der Waals surface area contributed by atoms with Crippen molar-refractivity contribution in [1.29, 1.82) is 0 Å². The molecule has 2 atom stereocenters. The monoisotopic (exact) mass is 507 g/mol. The van der Waals surface area contributed by atoms with Gasteiger partial charge in [-0.1, -0.05) is 37.8 Å². The number of ether oxygens (including phenoxy) is 2. The molecule has 1 N–H and O–H groups in total. The number of hydrogen-bond acceptors (Lipinski definition) is 5. The first-order chi connectivity index (χ1) is 16.7. The van der Waals surface area contributed by atoms with E-state index in [1.807, 2.05) is 24.3 Å². The fourth-order valence-electron chi connectivity index (χ4n) is 5.44. The highest BCUT2D eigenvalue weighted by Gasteiger charge is 2.31. The van der Waals surface area contributed by atoms with E-state index in [1.165, 1.54) is 33.4 Å². The van der Waals surface area contributed by atoms with Gasteiger partial charge in [0.25, 0.3) is 0 Å². The second-order valence-electron chi connectivity index (χ2n) is 9.43. The van der Waals surface area contributed by atoms with Crippen molar-refractivity contribution in [2.24, 2.45) is 0 Å². The molecule has 5 rings (SSSR count). The standard InChI is InChI=1S/C28H29NO5S.CH4/c1-17-13-22(33-3)14-18(2)28(17)25-6-4-5-24-23(25)11-12-26(24)34-21-9-7-19(8-10-21)20-15-27(30)29-35(31,32)16-20;/h4-10,13-14,20,26H,11-12,15-16H2,1-3H3,(H,29,30);1H4/t20?,26-;/m1./s1. The molecule has 0 radical (unpaired) electrons. The predicted molar refractivity (Wildman–Crippen MR) is 142 cm³/mol. The van der Waals surface area contributed by atoms with Crippen molar-refractivity contribution in [3.63, 3.8) is 0 Å². The largest absolute Gasteiger partial charge is 0.497 e. The van der Waals surface area contributed by atoms with Gasteiger partial charge in [0.15, 0.2) is 0 Å². The van der Waals surface area contributed by atoms with Crippen LogP contribution in [0.15, 0.2) is 54.6 Å². The Morgan fingerprint density at radius 3 is 2.31 bits per heavy atom. The molecule has 1 amide bonds. The van der Waals surface area contributed by atoms with Crippen molar-refractivity contribution in [2.45, 2.75) is 52.6 Å². The van der Waals surface area contributed by atoms with Crippen molar-refractivity contribution in [2.75, 3.05) is 12.9 Å². The molecule has 6 nitrogen and oxygen atoms in total. The van der Waals surface area contributed by atoms with Crippen molar-refractivity contribution < 1.29 is 22.7 Å². The average Bonchev–Trinajstić information content (AvgIpc) is 3.21. The second-order valence-corrected chi connectivity index (χ2v) is 11.2. The topological polar surface area (TPSA) is 81.7 Å². The maximum atomic E-state index is 11.9. The number of sulfonamides is 1. The van der Waals surface area contributed by atoms with Crippen molar-refractivity contribution >= 4 is 15.9 Å². The lowest BCUT2D eigenvalue weighted by molar-refractivity contribution is -0.119. The Morgan fingerprint density at radius 1 is 0.972 bits per heavy atom. The minimum absolute atomic E-state index is 0. The summed E-state index contributed by atoms with van der Waals surface area (Å²) in [6, 6.07) is 18.0. The van der Waals surface area contributed by atoms with Gasteiger partial charge in [-0.15, -0.1) is 0 Å². The average molecular weight is 508 g/mol. The number of hydrogen-bond donors (Lipinski definition) is 1. The van der Waals surface area contributed by atoms with E-state index < -0.39 is 15.9 Å². The first-order valence-electron chi connectivity index (χ1n) is 11.8. The number of aryl methyl sites for hydroxylation is 2. The van der Waals surface area contributed by atoms with Gasteiger partial charge in [-0.05, 0) is 89.9 Å². The lowest BCUT2D eigenvalue weighted by atomic mass is 9.90. The number of carbonyl (C=O) groups is 1. The number of rotatable bonds is 5. The molecule has 0 spiro atoms. The van der Waals surface area contributed by atoms with Crippen LogP contribution in [0.25, 0.3) is 11.1 Å². The third-order valence-corrected chi connectivity index (χ3v) is 8.36. The van der Waals surface area contributed by atoms with Crippen molar-refractivity contribution in [3.8, 4) is 22.6 Å². The van der Waals surface area contributed by atoms with Crippen LogP contribution in [0.3, 0.4) is 0 Å².